The highest BCUT2D eigenvalue weighted by Gasteiger charge is 2.17. The van der Waals surface area contributed by atoms with Crippen LogP contribution in [0.5, 0.6) is 0 Å². The van der Waals surface area contributed by atoms with E-state index < -0.39 is 0 Å². The molecule has 2 heterocycles. The second kappa shape index (κ2) is 6.95. The van der Waals surface area contributed by atoms with Gasteiger partial charge in [-0.15, -0.1) is 0 Å². The monoisotopic (exact) mass is 276 g/mol. The van der Waals surface area contributed by atoms with Crippen LogP contribution in [-0.4, -0.2) is 25.7 Å². The lowest BCUT2D eigenvalue weighted by molar-refractivity contribution is 0.0328. The molecule has 0 spiro atoms. The van der Waals surface area contributed by atoms with Crippen LogP contribution in [-0.2, 0) is 9.47 Å². The van der Waals surface area contributed by atoms with Crippen LogP contribution in [0.2, 0.25) is 0 Å². The maximum Gasteiger partial charge on any atom is 0.127 e. The number of rotatable bonds is 4. The number of para-hydroxylation sites is 2. The number of hydrogen-bond acceptors (Lipinski definition) is 4. The Labute approximate surface area is 120 Å². The highest BCUT2D eigenvalue weighted by atomic mass is 16.5. The minimum absolute atomic E-state index is 0.138. The molecule has 0 aromatic heterocycles. The molecule has 2 aliphatic rings. The van der Waals surface area contributed by atoms with Crippen molar-refractivity contribution in [1.82, 2.24) is 0 Å². The van der Waals surface area contributed by atoms with Gasteiger partial charge >= 0.3 is 0 Å². The molecular weight excluding hydrogens is 252 g/mol. The number of nitrogens with one attached hydrogen (secondary N) is 2. The molecule has 2 fully saturated rings. The summed E-state index contributed by atoms with van der Waals surface area (Å²) in [6.45, 7) is 1.72. The summed E-state index contributed by atoms with van der Waals surface area (Å²) in [7, 11) is 0. The van der Waals surface area contributed by atoms with Crippen LogP contribution < -0.4 is 10.6 Å². The highest BCUT2D eigenvalue weighted by molar-refractivity contribution is 5.69. The average Bonchev–Trinajstić information content (AvgIpc) is 2.51. The molecule has 0 radical (unpaired) electrons. The lowest BCUT2D eigenvalue weighted by Crippen LogP contribution is -2.30. The fourth-order valence-corrected chi connectivity index (χ4v) is 2.79. The van der Waals surface area contributed by atoms with Crippen LogP contribution in [0.3, 0.4) is 0 Å². The van der Waals surface area contributed by atoms with Crippen LogP contribution in [0.1, 0.15) is 38.5 Å². The Balaban J connectivity index is 1.63. The first-order valence-corrected chi connectivity index (χ1v) is 7.77. The number of ether oxygens (including phenoxy) is 2. The molecule has 4 nitrogen and oxygen atoms in total. The summed E-state index contributed by atoms with van der Waals surface area (Å²) in [5.41, 5.74) is 2.21. The van der Waals surface area contributed by atoms with E-state index in [4.69, 9.17) is 9.47 Å². The molecule has 2 saturated heterocycles. The third-order valence-corrected chi connectivity index (χ3v) is 3.92. The first-order valence-electron chi connectivity index (χ1n) is 7.77. The minimum atomic E-state index is 0.138. The zero-order valence-electron chi connectivity index (χ0n) is 11.9. The van der Waals surface area contributed by atoms with Gasteiger partial charge in [-0.1, -0.05) is 12.1 Å². The molecule has 0 bridgehead atoms. The van der Waals surface area contributed by atoms with Crippen molar-refractivity contribution in [3.63, 3.8) is 0 Å². The maximum absolute atomic E-state index is 5.76. The summed E-state index contributed by atoms with van der Waals surface area (Å²) < 4.78 is 11.5. The van der Waals surface area contributed by atoms with E-state index in [9.17, 15) is 0 Å². The van der Waals surface area contributed by atoms with Gasteiger partial charge in [-0.05, 0) is 50.7 Å². The lowest BCUT2D eigenvalue weighted by atomic mass is 10.1. The normalized spacial score (nSPS) is 27.0. The summed E-state index contributed by atoms with van der Waals surface area (Å²) in [6.07, 6.45) is 7.25. The van der Waals surface area contributed by atoms with E-state index in [2.05, 4.69) is 34.9 Å². The summed E-state index contributed by atoms with van der Waals surface area (Å²) >= 11 is 0. The van der Waals surface area contributed by atoms with Crippen LogP contribution in [0.4, 0.5) is 11.4 Å². The van der Waals surface area contributed by atoms with Gasteiger partial charge in [0.1, 0.15) is 12.5 Å². The van der Waals surface area contributed by atoms with Crippen molar-refractivity contribution in [3.05, 3.63) is 24.3 Å². The van der Waals surface area contributed by atoms with Gasteiger partial charge in [-0.3, -0.25) is 0 Å². The molecule has 0 aliphatic carbocycles. The van der Waals surface area contributed by atoms with Crippen molar-refractivity contribution in [2.45, 2.75) is 51.0 Å². The molecule has 110 valence electrons. The molecule has 2 unspecified atom stereocenters. The quantitative estimate of drug-likeness (QED) is 0.882. The molecule has 2 aliphatic heterocycles. The predicted molar refractivity (Wildman–Crippen MR) is 80.9 cm³/mol. The Kier molecular flexibility index (Phi) is 4.77. The largest absolute Gasteiger partial charge is 0.359 e. The van der Waals surface area contributed by atoms with E-state index in [1.807, 2.05) is 0 Å². The van der Waals surface area contributed by atoms with Gasteiger partial charge in [0.05, 0.1) is 11.4 Å². The standard InChI is InChI=1S/C16H24N2O2/c1-2-8-14(18-16-10-4-6-12-20-16)13(7-1)17-15-9-3-5-11-19-15/h1-2,7-8,15-18H,3-6,9-12H2. The van der Waals surface area contributed by atoms with Crippen molar-refractivity contribution < 1.29 is 9.47 Å². The average molecular weight is 276 g/mol. The van der Waals surface area contributed by atoms with Gasteiger partial charge in [0.15, 0.2) is 0 Å². The van der Waals surface area contributed by atoms with E-state index in [1.54, 1.807) is 0 Å². The molecule has 2 atom stereocenters. The Hall–Kier alpha value is -1.26. The number of hydrogen-bond donors (Lipinski definition) is 2. The third kappa shape index (κ3) is 3.64. The zero-order chi connectivity index (χ0) is 13.6. The number of anilines is 2. The smallest absolute Gasteiger partial charge is 0.127 e. The van der Waals surface area contributed by atoms with Crippen molar-refractivity contribution in [2.75, 3.05) is 23.8 Å². The van der Waals surface area contributed by atoms with Gasteiger partial charge in [-0.2, -0.15) is 0 Å². The maximum atomic E-state index is 5.76. The second-order valence-electron chi connectivity index (χ2n) is 5.54. The molecule has 1 aromatic carbocycles. The molecule has 1 aromatic rings. The Morgan fingerprint density at radius 3 is 1.65 bits per heavy atom. The van der Waals surface area contributed by atoms with E-state index in [0.717, 1.165) is 37.4 Å². The third-order valence-electron chi connectivity index (χ3n) is 3.92. The number of benzene rings is 1. The summed E-state index contributed by atoms with van der Waals surface area (Å²) in [4.78, 5) is 0. The second-order valence-corrected chi connectivity index (χ2v) is 5.54. The first-order chi connectivity index (χ1) is 9.92. The van der Waals surface area contributed by atoms with E-state index >= 15 is 0 Å². The fraction of sp³-hybridized carbons (Fsp3) is 0.625. The summed E-state index contributed by atoms with van der Waals surface area (Å²) in [5, 5.41) is 7.00. The molecule has 3 rings (SSSR count). The molecule has 20 heavy (non-hydrogen) atoms. The van der Waals surface area contributed by atoms with E-state index in [-0.39, 0.29) is 12.5 Å². The van der Waals surface area contributed by atoms with Gasteiger partial charge in [-0.25, -0.2) is 0 Å². The SMILES string of the molecule is c1ccc(NC2CCCCO2)c(NC2CCCCO2)c1. The summed E-state index contributed by atoms with van der Waals surface area (Å²) in [5.74, 6) is 0. The van der Waals surface area contributed by atoms with E-state index in [0.29, 0.717) is 0 Å². The predicted octanol–water partition coefficient (Wildman–Crippen LogP) is 3.56. The van der Waals surface area contributed by atoms with Crippen LogP contribution >= 0.6 is 0 Å². The molecule has 0 saturated carbocycles. The van der Waals surface area contributed by atoms with Gasteiger partial charge < -0.3 is 20.1 Å². The first kappa shape index (κ1) is 13.7. The molecule has 4 heteroatoms. The van der Waals surface area contributed by atoms with Crippen molar-refractivity contribution >= 4 is 11.4 Å². The minimum Gasteiger partial charge on any atom is -0.359 e. The van der Waals surface area contributed by atoms with Crippen molar-refractivity contribution in [2.24, 2.45) is 0 Å². The molecule has 0 amide bonds. The zero-order valence-corrected chi connectivity index (χ0v) is 11.9. The lowest BCUT2D eigenvalue weighted by Gasteiger charge is -2.28. The molecule has 2 N–H and O–H groups in total. The van der Waals surface area contributed by atoms with Gasteiger partial charge in [0, 0.05) is 13.2 Å². The van der Waals surface area contributed by atoms with Crippen LogP contribution in [0.15, 0.2) is 24.3 Å². The Bertz CT molecular complexity index is 374. The van der Waals surface area contributed by atoms with Crippen molar-refractivity contribution in [1.29, 1.82) is 0 Å². The van der Waals surface area contributed by atoms with E-state index in [1.165, 1.54) is 25.7 Å². The highest BCUT2D eigenvalue weighted by Crippen LogP contribution is 2.26. The summed E-state index contributed by atoms with van der Waals surface area (Å²) in [6, 6.07) is 8.31. The fourth-order valence-electron chi connectivity index (χ4n) is 2.79. The Morgan fingerprint density at radius 2 is 1.25 bits per heavy atom. The van der Waals surface area contributed by atoms with Crippen LogP contribution in [0.25, 0.3) is 0 Å². The van der Waals surface area contributed by atoms with Gasteiger partial charge in [0.25, 0.3) is 0 Å². The molecular formula is C16H24N2O2. The van der Waals surface area contributed by atoms with Gasteiger partial charge in [0.2, 0.25) is 0 Å². The van der Waals surface area contributed by atoms with Crippen molar-refractivity contribution in [3.8, 4) is 0 Å². The Morgan fingerprint density at radius 1 is 0.750 bits per heavy atom. The van der Waals surface area contributed by atoms with Crippen LogP contribution in [0, 0.1) is 0 Å². The topological polar surface area (TPSA) is 42.5 Å².